The summed E-state index contributed by atoms with van der Waals surface area (Å²) in [6, 6.07) is 12.6. The lowest BCUT2D eigenvalue weighted by Crippen LogP contribution is -2.50. The van der Waals surface area contributed by atoms with Gasteiger partial charge in [0.25, 0.3) is 0 Å². The first kappa shape index (κ1) is 23.5. The van der Waals surface area contributed by atoms with Crippen LogP contribution in [0.25, 0.3) is 5.69 Å². The Morgan fingerprint density at radius 3 is 2.53 bits per heavy atom. The maximum Gasteiger partial charge on any atom is 0.239 e. The fourth-order valence-electron chi connectivity index (χ4n) is 6.08. The number of anilines is 1. The van der Waals surface area contributed by atoms with Crippen LogP contribution in [-0.2, 0) is 9.53 Å². The van der Waals surface area contributed by atoms with E-state index in [2.05, 4.69) is 35.0 Å². The average molecular weight is 466 g/mol. The smallest absolute Gasteiger partial charge is 0.239 e. The molecule has 184 valence electrons. The van der Waals surface area contributed by atoms with Gasteiger partial charge < -0.3 is 10.1 Å². The zero-order valence-electron chi connectivity index (χ0n) is 20.7. The molecule has 1 saturated carbocycles. The Bertz CT molecular complexity index is 945. The molecule has 5 rings (SSSR count). The molecule has 1 N–H and O–H groups in total. The minimum Gasteiger partial charge on any atom is -0.373 e. The highest BCUT2D eigenvalue weighted by Gasteiger charge is 2.31. The van der Waals surface area contributed by atoms with Crippen molar-refractivity contribution in [2.45, 2.75) is 76.5 Å². The largest absolute Gasteiger partial charge is 0.373 e. The molecular weight excluding hydrogens is 426 g/mol. The highest BCUT2D eigenvalue weighted by molar-refractivity contribution is 5.91. The van der Waals surface area contributed by atoms with Gasteiger partial charge in [-0.2, -0.15) is 5.10 Å². The summed E-state index contributed by atoms with van der Waals surface area (Å²) in [4.78, 5) is 18.1. The maximum atomic E-state index is 13.2. The number of para-hydroxylation sites is 1. The highest BCUT2D eigenvalue weighted by Crippen LogP contribution is 2.35. The third-order valence-electron chi connectivity index (χ3n) is 7.58. The van der Waals surface area contributed by atoms with Crippen LogP contribution in [0.5, 0.6) is 0 Å². The van der Waals surface area contributed by atoms with Crippen LogP contribution in [0.2, 0.25) is 0 Å². The molecule has 0 unspecified atom stereocenters. The van der Waals surface area contributed by atoms with Gasteiger partial charge in [-0.1, -0.05) is 31.0 Å². The van der Waals surface area contributed by atoms with Gasteiger partial charge in [-0.25, -0.2) is 4.68 Å². The van der Waals surface area contributed by atoms with E-state index in [0.29, 0.717) is 18.5 Å². The molecule has 1 aromatic heterocycles. The minimum atomic E-state index is 0.0469. The van der Waals surface area contributed by atoms with Gasteiger partial charge in [0.1, 0.15) is 5.82 Å². The van der Waals surface area contributed by atoms with Gasteiger partial charge in [0.05, 0.1) is 30.1 Å². The molecule has 3 atom stereocenters. The van der Waals surface area contributed by atoms with Gasteiger partial charge >= 0.3 is 0 Å². The monoisotopic (exact) mass is 465 g/mol. The van der Waals surface area contributed by atoms with E-state index in [0.717, 1.165) is 56.2 Å². The van der Waals surface area contributed by atoms with E-state index >= 15 is 0 Å². The summed E-state index contributed by atoms with van der Waals surface area (Å²) in [6.07, 6.45) is 7.76. The van der Waals surface area contributed by atoms with Crippen molar-refractivity contribution < 1.29 is 9.53 Å². The van der Waals surface area contributed by atoms with E-state index in [1.54, 1.807) is 0 Å². The number of likely N-dealkylation sites (tertiary alicyclic amines) is 1. The zero-order valence-corrected chi connectivity index (χ0v) is 20.7. The number of rotatable bonds is 7. The van der Waals surface area contributed by atoms with E-state index in [4.69, 9.17) is 9.84 Å². The summed E-state index contributed by atoms with van der Waals surface area (Å²) in [6.45, 7) is 8.68. The molecular formula is C27H39N5O2. The predicted octanol–water partition coefficient (Wildman–Crippen LogP) is 4.04. The first-order valence-electron chi connectivity index (χ1n) is 13.1. The molecule has 0 spiro atoms. The molecule has 3 aliphatic rings. The van der Waals surface area contributed by atoms with E-state index in [1.807, 2.05) is 35.0 Å². The molecule has 2 aliphatic heterocycles. The van der Waals surface area contributed by atoms with Crippen LogP contribution in [0.4, 0.5) is 5.82 Å². The van der Waals surface area contributed by atoms with Gasteiger partial charge in [-0.3, -0.25) is 14.6 Å². The summed E-state index contributed by atoms with van der Waals surface area (Å²) >= 11 is 0. The van der Waals surface area contributed by atoms with Crippen LogP contribution < -0.4 is 5.32 Å². The van der Waals surface area contributed by atoms with Crippen LogP contribution in [-0.4, -0.2) is 76.5 Å². The molecule has 7 heteroatoms. The molecule has 0 radical (unpaired) electrons. The Morgan fingerprint density at radius 2 is 1.79 bits per heavy atom. The molecule has 3 fully saturated rings. The third kappa shape index (κ3) is 5.53. The minimum absolute atomic E-state index is 0.0469. The number of aromatic nitrogens is 2. The van der Waals surface area contributed by atoms with Crippen molar-refractivity contribution in [2.24, 2.45) is 0 Å². The van der Waals surface area contributed by atoms with Crippen molar-refractivity contribution in [1.82, 2.24) is 19.6 Å². The summed E-state index contributed by atoms with van der Waals surface area (Å²) in [5, 5.41) is 8.13. The van der Waals surface area contributed by atoms with Crippen molar-refractivity contribution in [1.29, 1.82) is 0 Å². The molecule has 2 aromatic rings. The Labute approximate surface area is 203 Å². The Hall–Kier alpha value is -2.22. The number of nitrogens with one attached hydrogen (secondary N) is 1. The molecule has 0 bridgehead atoms. The first-order chi connectivity index (χ1) is 16.5. The van der Waals surface area contributed by atoms with Crippen molar-refractivity contribution in [3.05, 3.63) is 42.1 Å². The number of amides is 1. The molecule has 7 nitrogen and oxygen atoms in total. The van der Waals surface area contributed by atoms with E-state index < -0.39 is 0 Å². The van der Waals surface area contributed by atoms with Crippen molar-refractivity contribution in [3.8, 4) is 5.69 Å². The average Bonchev–Trinajstić information content (AvgIpc) is 3.56. The van der Waals surface area contributed by atoms with Gasteiger partial charge in [0.15, 0.2) is 0 Å². The summed E-state index contributed by atoms with van der Waals surface area (Å²) < 4.78 is 7.80. The fourth-order valence-corrected chi connectivity index (χ4v) is 6.08. The molecule has 1 aliphatic carbocycles. The number of benzene rings is 1. The van der Waals surface area contributed by atoms with Crippen molar-refractivity contribution in [2.75, 3.05) is 38.0 Å². The molecule has 34 heavy (non-hydrogen) atoms. The molecule has 1 amide bonds. The third-order valence-corrected chi connectivity index (χ3v) is 7.58. The van der Waals surface area contributed by atoms with Gasteiger partial charge in [0.2, 0.25) is 5.91 Å². The number of carbonyl (C=O) groups excluding carboxylic acids is 1. The number of ether oxygens (including phenoxy) is 1. The second-order valence-corrected chi connectivity index (χ2v) is 10.5. The lowest BCUT2D eigenvalue weighted by Gasteiger charge is -2.38. The number of hydrogen-bond acceptors (Lipinski definition) is 5. The van der Waals surface area contributed by atoms with Crippen LogP contribution in [0.15, 0.2) is 36.4 Å². The highest BCUT2D eigenvalue weighted by atomic mass is 16.5. The van der Waals surface area contributed by atoms with E-state index in [-0.39, 0.29) is 18.1 Å². The van der Waals surface area contributed by atoms with Crippen LogP contribution in [0.3, 0.4) is 0 Å². The lowest BCUT2D eigenvalue weighted by atomic mass is 10.0. The Balaban J connectivity index is 1.25. The Kier molecular flexibility index (Phi) is 7.32. The SMILES string of the molecule is C[C@@H]1CN(C[C@@H]2CCCN2CC(=O)Nc2cc(C3CCCC3)nn2-c2ccccc2)C[C@@H](C)O1. The lowest BCUT2D eigenvalue weighted by molar-refractivity contribution is -0.118. The quantitative estimate of drug-likeness (QED) is 0.669. The van der Waals surface area contributed by atoms with Crippen LogP contribution in [0.1, 0.15) is 64.0 Å². The van der Waals surface area contributed by atoms with Gasteiger partial charge in [-0.15, -0.1) is 0 Å². The second-order valence-electron chi connectivity index (χ2n) is 10.5. The zero-order chi connectivity index (χ0) is 23.5. The van der Waals surface area contributed by atoms with Gasteiger partial charge in [-0.05, 0) is 58.2 Å². The summed E-state index contributed by atoms with van der Waals surface area (Å²) in [5.41, 5.74) is 2.09. The number of hydrogen-bond donors (Lipinski definition) is 1. The Morgan fingerprint density at radius 1 is 1.06 bits per heavy atom. The molecule has 3 heterocycles. The van der Waals surface area contributed by atoms with E-state index in [1.165, 1.54) is 25.7 Å². The first-order valence-corrected chi connectivity index (χ1v) is 13.1. The number of morpholine rings is 1. The summed E-state index contributed by atoms with van der Waals surface area (Å²) in [7, 11) is 0. The van der Waals surface area contributed by atoms with Crippen LogP contribution in [0, 0.1) is 0 Å². The van der Waals surface area contributed by atoms with Crippen molar-refractivity contribution in [3.63, 3.8) is 0 Å². The topological polar surface area (TPSA) is 62.6 Å². The van der Waals surface area contributed by atoms with Gasteiger partial charge in [0, 0.05) is 37.7 Å². The van der Waals surface area contributed by atoms with Crippen molar-refractivity contribution >= 4 is 11.7 Å². The molecule has 1 aromatic carbocycles. The fraction of sp³-hybridized carbons (Fsp3) is 0.630. The van der Waals surface area contributed by atoms with E-state index in [9.17, 15) is 4.79 Å². The maximum absolute atomic E-state index is 13.2. The number of nitrogens with zero attached hydrogens (tertiary/aromatic N) is 4. The molecule has 2 saturated heterocycles. The number of carbonyl (C=O) groups is 1. The predicted molar refractivity (Wildman–Crippen MR) is 134 cm³/mol. The summed E-state index contributed by atoms with van der Waals surface area (Å²) in [5.74, 6) is 1.33. The van der Waals surface area contributed by atoms with Crippen LogP contribution >= 0.6 is 0 Å². The standard InChI is InChI=1S/C27H39N5O2/c1-20-16-30(17-21(2)34-20)18-24-13-8-14-31(24)19-27(33)28-26-15-25(22-9-6-7-10-22)29-32(26)23-11-4-3-5-12-23/h3-5,11-12,15,20-22,24H,6-10,13-14,16-19H2,1-2H3,(H,28,33)/t20-,21-,24+/m1/s1. The second kappa shape index (κ2) is 10.6. The normalized spacial score (nSPS) is 26.8.